The van der Waals surface area contributed by atoms with Crippen molar-refractivity contribution >= 4 is 5.91 Å². The fourth-order valence-electron chi connectivity index (χ4n) is 2.78. The zero-order valence-electron chi connectivity index (χ0n) is 13.1. The van der Waals surface area contributed by atoms with E-state index in [9.17, 15) is 4.79 Å². The van der Waals surface area contributed by atoms with Crippen LogP contribution in [0, 0.1) is 0 Å². The fraction of sp³-hybridized carbons (Fsp3) is 0.588. The molecule has 1 heterocycles. The average Bonchev–Trinajstić information content (AvgIpc) is 2.75. The van der Waals surface area contributed by atoms with Gasteiger partial charge < -0.3 is 10.1 Å². The highest BCUT2D eigenvalue weighted by molar-refractivity contribution is 5.78. The molecule has 1 aliphatic heterocycles. The van der Waals surface area contributed by atoms with Crippen molar-refractivity contribution in [2.45, 2.75) is 38.6 Å². The number of benzene rings is 1. The van der Waals surface area contributed by atoms with Crippen molar-refractivity contribution in [3.63, 3.8) is 0 Å². The number of carbonyl (C=O) groups excluding carboxylic acids is 1. The number of hydrogen-bond acceptors (Lipinski definition) is 3. The molecule has 4 heteroatoms. The summed E-state index contributed by atoms with van der Waals surface area (Å²) in [5.74, 6) is 0.924. The molecule has 1 aliphatic rings. The number of methoxy groups -OCH3 is 1. The highest BCUT2D eigenvalue weighted by Gasteiger charge is 2.15. The Bertz CT molecular complexity index is 454. The van der Waals surface area contributed by atoms with Crippen molar-refractivity contribution in [1.29, 1.82) is 0 Å². The highest BCUT2D eigenvalue weighted by Crippen LogP contribution is 2.18. The van der Waals surface area contributed by atoms with E-state index in [1.165, 1.54) is 25.7 Å². The molecule has 0 aliphatic carbocycles. The van der Waals surface area contributed by atoms with Gasteiger partial charge in [0.2, 0.25) is 5.91 Å². The van der Waals surface area contributed by atoms with Crippen molar-refractivity contribution in [1.82, 2.24) is 10.2 Å². The quantitative estimate of drug-likeness (QED) is 0.906. The van der Waals surface area contributed by atoms with Crippen LogP contribution in [0.2, 0.25) is 0 Å². The Labute approximate surface area is 127 Å². The number of rotatable bonds is 5. The van der Waals surface area contributed by atoms with Crippen LogP contribution in [0.15, 0.2) is 24.3 Å². The monoisotopic (exact) mass is 290 g/mol. The Morgan fingerprint density at radius 2 is 2.00 bits per heavy atom. The number of nitrogens with one attached hydrogen (secondary N) is 1. The van der Waals surface area contributed by atoms with E-state index < -0.39 is 0 Å². The van der Waals surface area contributed by atoms with Crippen LogP contribution in [0.3, 0.4) is 0 Å². The van der Waals surface area contributed by atoms with Gasteiger partial charge in [0.05, 0.1) is 19.7 Å². The van der Waals surface area contributed by atoms with Crippen LogP contribution < -0.4 is 10.1 Å². The van der Waals surface area contributed by atoms with Crippen molar-refractivity contribution in [3.8, 4) is 5.75 Å². The van der Waals surface area contributed by atoms with Gasteiger partial charge in [-0.25, -0.2) is 0 Å². The summed E-state index contributed by atoms with van der Waals surface area (Å²) in [5, 5.41) is 3.08. The molecule has 0 unspecified atom stereocenters. The molecule has 1 N–H and O–H groups in total. The van der Waals surface area contributed by atoms with Crippen LogP contribution in [0.4, 0.5) is 0 Å². The molecule has 1 aromatic rings. The van der Waals surface area contributed by atoms with E-state index in [0.717, 1.165) is 24.4 Å². The number of likely N-dealkylation sites (tertiary alicyclic amines) is 1. The summed E-state index contributed by atoms with van der Waals surface area (Å²) >= 11 is 0. The molecule has 1 fully saturated rings. The third-order valence-electron chi connectivity index (χ3n) is 4.04. The third kappa shape index (κ3) is 5.05. The lowest BCUT2D eigenvalue weighted by molar-refractivity contribution is -0.122. The van der Waals surface area contributed by atoms with Crippen molar-refractivity contribution in [3.05, 3.63) is 29.8 Å². The first-order chi connectivity index (χ1) is 10.2. The minimum Gasteiger partial charge on any atom is -0.497 e. The molecule has 1 amide bonds. The Morgan fingerprint density at radius 1 is 1.29 bits per heavy atom. The largest absolute Gasteiger partial charge is 0.497 e. The first-order valence-corrected chi connectivity index (χ1v) is 7.84. The van der Waals surface area contributed by atoms with Gasteiger partial charge in [-0.1, -0.05) is 25.0 Å². The molecule has 1 atom stereocenters. The summed E-state index contributed by atoms with van der Waals surface area (Å²) in [6.07, 6.45) is 4.99. The van der Waals surface area contributed by atoms with Gasteiger partial charge in [0.25, 0.3) is 0 Å². The summed E-state index contributed by atoms with van der Waals surface area (Å²) in [7, 11) is 1.65. The average molecular weight is 290 g/mol. The van der Waals surface area contributed by atoms with Crippen LogP contribution in [-0.4, -0.2) is 37.6 Å². The van der Waals surface area contributed by atoms with E-state index in [1.54, 1.807) is 7.11 Å². The van der Waals surface area contributed by atoms with Gasteiger partial charge >= 0.3 is 0 Å². The SMILES string of the molecule is COc1cccc([C@@H](C)NC(=O)CN2CCCCCC2)c1. The molecule has 116 valence electrons. The van der Waals surface area contributed by atoms with Gasteiger partial charge in [0.1, 0.15) is 5.75 Å². The fourth-order valence-corrected chi connectivity index (χ4v) is 2.78. The number of amides is 1. The van der Waals surface area contributed by atoms with Crippen LogP contribution in [-0.2, 0) is 4.79 Å². The van der Waals surface area contributed by atoms with E-state index in [2.05, 4.69) is 10.2 Å². The summed E-state index contributed by atoms with van der Waals surface area (Å²) in [6, 6.07) is 7.84. The molecule has 1 saturated heterocycles. The number of ether oxygens (including phenoxy) is 1. The van der Waals surface area contributed by atoms with Crippen LogP contribution >= 0.6 is 0 Å². The number of nitrogens with zero attached hydrogens (tertiary/aromatic N) is 1. The van der Waals surface area contributed by atoms with Gasteiger partial charge in [-0.15, -0.1) is 0 Å². The molecule has 0 aromatic heterocycles. The van der Waals surface area contributed by atoms with Crippen molar-refractivity contribution in [2.24, 2.45) is 0 Å². The lowest BCUT2D eigenvalue weighted by Crippen LogP contribution is -2.38. The van der Waals surface area contributed by atoms with Gasteiger partial charge in [-0.3, -0.25) is 9.69 Å². The molecule has 21 heavy (non-hydrogen) atoms. The zero-order chi connectivity index (χ0) is 15.1. The number of hydrogen-bond donors (Lipinski definition) is 1. The van der Waals surface area contributed by atoms with Crippen molar-refractivity contribution < 1.29 is 9.53 Å². The van der Waals surface area contributed by atoms with E-state index in [0.29, 0.717) is 6.54 Å². The van der Waals surface area contributed by atoms with Gasteiger partial charge in [0, 0.05) is 0 Å². The Kier molecular flexibility index (Phi) is 6.05. The molecular weight excluding hydrogens is 264 g/mol. The summed E-state index contributed by atoms with van der Waals surface area (Å²) in [5.41, 5.74) is 1.07. The van der Waals surface area contributed by atoms with E-state index in [1.807, 2.05) is 31.2 Å². The maximum Gasteiger partial charge on any atom is 0.234 e. The van der Waals surface area contributed by atoms with Crippen LogP contribution in [0.1, 0.15) is 44.2 Å². The molecule has 0 bridgehead atoms. The lowest BCUT2D eigenvalue weighted by Gasteiger charge is -2.21. The Hall–Kier alpha value is -1.55. The van der Waals surface area contributed by atoms with Gasteiger partial charge in [0.15, 0.2) is 0 Å². The second-order valence-electron chi connectivity index (χ2n) is 5.76. The minimum atomic E-state index is -0.000391. The van der Waals surface area contributed by atoms with E-state index in [4.69, 9.17) is 4.74 Å². The first kappa shape index (κ1) is 15.8. The van der Waals surface area contributed by atoms with Gasteiger partial charge in [-0.2, -0.15) is 0 Å². The molecule has 2 rings (SSSR count). The lowest BCUT2D eigenvalue weighted by atomic mass is 10.1. The predicted octanol–water partition coefficient (Wildman–Crippen LogP) is 2.75. The summed E-state index contributed by atoms with van der Waals surface area (Å²) in [4.78, 5) is 14.4. The Morgan fingerprint density at radius 3 is 2.67 bits per heavy atom. The molecule has 0 spiro atoms. The smallest absolute Gasteiger partial charge is 0.234 e. The highest BCUT2D eigenvalue weighted by atomic mass is 16.5. The molecule has 0 saturated carbocycles. The Balaban J connectivity index is 1.85. The molecule has 4 nitrogen and oxygen atoms in total. The standard InChI is InChI=1S/C17H26N2O2/c1-14(15-8-7-9-16(12-15)21-2)18-17(20)13-19-10-5-3-4-6-11-19/h7-9,12,14H,3-6,10-11,13H2,1-2H3,(H,18,20)/t14-/m1/s1. The van der Waals surface area contributed by atoms with Crippen molar-refractivity contribution in [2.75, 3.05) is 26.7 Å². The maximum absolute atomic E-state index is 12.2. The third-order valence-corrected chi connectivity index (χ3v) is 4.04. The molecule has 1 aromatic carbocycles. The predicted molar refractivity (Wildman–Crippen MR) is 84.5 cm³/mol. The summed E-state index contributed by atoms with van der Waals surface area (Å²) < 4.78 is 5.22. The topological polar surface area (TPSA) is 41.6 Å². The van der Waals surface area contributed by atoms with E-state index >= 15 is 0 Å². The second kappa shape index (κ2) is 8.03. The van der Waals surface area contributed by atoms with Gasteiger partial charge in [-0.05, 0) is 50.6 Å². The molecule has 0 radical (unpaired) electrons. The van der Waals surface area contributed by atoms with Crippen LogP contribution in [0.5, 0.6) is 5.75 Å². The first-order valence-electron chi connectivity index (χ1n) is 7.84. The normalized spacial score (nSPS) is 17.8. The maximum atomic E-state index is 12.2. The second-order valence-corrected chi connectivity index (χ2v) is 5.76. The number of carbonyl (C=O) groups is 1. The minimum absolute atomic E-state index is 0.000391. The van der Waals surface area contributed by atoms with E-state index in [-0.39, 0.29) is 11.9 Å². The molecular formula is C17H26N2O2. The van der Waals surface area contributed by atoms with Crippen LogP contribution in [0.25, 0.3) is 0 Å². The zero-order valence-corrected chi connectivity index (χ0v) is 13.1. The summed E-state index contributed by atoms with van der Waals surface area (Å²) in [6.45, 7) is 4.60.